The number of carboxylic acids is 1. The second-order valence-electron chi connectivity index (χ2n) is 5.19. The second-order valence-corrected chi connectivity index (χ2v) is 5.19. The summed E-state index contributed by atoms with van der Waals surface area (Å²) in [6, 6.07) is 6.11. The number of hydrogen-bond donors (Lipinski definition) is 3. The van der Waals surface area contributed by atoms with E-state index in [0.29, 0.717) is 13.1 Å². The molecular formula is C15H20N2O4. The molecule has 1 unspecified atom stereocenters. The fraction of sp³-hybridized carbons (Fsp3) is 0.467. The first-order valence-corrected chi connectivity index (χ1v) is 7.09. The van der Waals surface area contributed by atoms with E-state index in [4.69, 9.17) is 5.11 Å². The first kappa shape index (κ1) is 15.3. The van der Waals surface area contributed by atoms with Gasteiger partial charge >= 0.3 is 12.0 Å². The first-order chi connectivity index (χ1) is 10.1. The maximum atomic E-state index is 12.1. The van der Waals surface area contributed by atoms with E-state index < -0.39 is 5.97 Å². The van der Waals surface area contributed by atoms with Gasteiger partial charge in [0.1, 0.15) is 0 Å². The lowest BCUT2D eigenvalue weighted by Gasteiger charge is -2.34. The Morgan fingerprint density at radius 3 is 2.57 bits per heavy atom. The van der Waals surface area contributed by atoms with E-state index in [1.807, 2.05) is 0 Å². The molecule has 21 heavy (non-hydrogen) atoms. The van der Waals surface area contributed by atoms with Gasteiger partial charge in [-0.2, -0.15) is 0 Å². The molecule has 1 aliphatic heterocycles. The average Bonchev–Trinajstić information content (AvgIpc) is 2.52. The van der Waals surface area contributed by atoms with Gasteiger partial charge in [-0.05, 0) is 37.0 Å². The van der Waals surface area contributed by atoms with E-state index in [9.17, 15) is 14.7 Å². The number of aliphatic hydroxyl groups excluding tert-OH is 1. The Kier molecular flexibility index (Phi) is 5.16. The number of aliphatic hydroxyl groups is 1. The number of carbonyl (C=O) groups excluding carboxylic acids is 1. The number of nitrogens with zero attached hydrogens (tertiary/aromatic N) is 1. The van der Waals surface area contributed by atoms with Gasteiger partial charge in [-0.15, -0.1) is 0 Å². The minimum absolute atomic E-state index is 0.0132. The molecule has 1 heterocycles. The minimum Gasteiger partial charge on any atom is -0.478 e. The molecule has 1 fully saturated rings. The molecule has 1 saturated heterocycles. The molecule has 0 radical (unpaired) electrons. The largest absolute Gasteiger partial charge is 0.478 e. The predicted molar refractivity (Wildman–Crippen MR) is 77.1 cm³/mol. The van der Waals surface area contributed by atoms with Crippen molar-refractivity contribution in [2.24, 2.45) is 0 Å². The third-order valence-electron chi connectivity index (χ3n) is 3.74. The number of urea groups is 1. The van der Waals surface area contributed by atoms with Crippen LogP contribution in [-0.2, 0) is 6.54 Å². The smallest absolute Gasteiger partial charge is 0.335 e. The van der Waals surface area contributed by atoms with Crippen LogP contribution in [0, 0.1) is 0 Å². The first-order valence-electron chi connectivity index (χ1n) is 7.09. The van der Waals surface area contributed by atoms with Gasteiger partial charge < -0.3 is 20.4 Å². The zero-order valence-corrected chi connectivity index (χ0v) is 11.8. The Labute approximate surface area is 123 Å². The molecule has 2 amide bonds. The van der Waals surface area contributed by atoms with Crippen LogP contribution in [-0.4, -0.2) is 46.3 Å². The van der Waals surface area contributed by atoms with E-state index in [1.54, 1.807) is 17.0 Å². The summed E-state index contributed by atoms with van der Waals surface area (Å²) >= 11 is 0. The predicted octanol–water partition coefficient (Wildman–Crippen LogP) is 1.44. The number of benzene rings is 1. The van der Waals surface area contributed by atoms with Gasteiger partial charge in [-0.3, -0.25) is 0 Å². The molecule has 6 nitrogen and oxygen atoms in total. The van der Waals surface area contributed by atoms with Crippen molar-refractivity contribution in [1.29, 1.82) is 0 Å². The molecule has 1 aromatic rings. The lowest BCUT2D eigenvalue weighted by molar-refractivity contribution is 0.0697. The number of rotatable bonds is 4. The maximum Gasteiger partial charge on any atom is 0.335 e. The van der Waals surface area contributed by atoms with Crippen molar-refractivity contribution in [1.82, 2.24) is 10.2 Å². The summed E-state index contributed by atoms with van der Waals surface area (Å²) in [5.74, 6) is -0.968. The highest BCUT2D eigenvalue weighted by atomic mass is 16.4. The van der Waals surface area contributed by atoms with Gasteiger partial charge in [0.2, 0.25) is 0 Å². The van der Waals surface area contributed by atoms with Crippen LogP contribution in [0.4, 0.5) is 4.79 Å². The zero-order valence-electron chi connectivity index (χ0n) is 11.8. The van der Waals surface area contributed by atoms with Crippen LogP contribution >= 0.6 is 0 Å². The molecule has 6 heteroatoms. The summed E-state index contributed by atoms with van der Waals surface area (Å²) in [5.41, 5.74) is 1.06. The van der Waals surface area contributed by atoms with Gasteiger partial charge in [0.25, 0.3) is 0 Å². The lowest BCUT2D eigenvalue weighted by Crippen LogP contribution is -2.49. The normalized spacial score (nSPS) is 18.3. The van der Waals surface area contributed by atoms with Crippen LogP contribution in [0.5, 0.6) is 0 Å². The Hall–Kier alpha value is -2.08. The second kappa shape index (κ2) is 7.08. The highest BCUT2D eigenvalue weighted by Crippen LogP contribution is 2.16. The van der Waals surface area contributed by atoms with Crippen LogP contribution in [0.1, 0.15) is 35.2 Å². The molecular weight excluding hydrogens is 272 g/mol. The number of piperidine rings is 1. The fourth-order valence-electron chi connectivity index (χ4n) is 2.50. The van der Waals surface area contributed by atoms with Gasteiger partial charge in [0.15, 0.2) is 0 Å². The summed E-state index contributed by atoms with van der Waals surface area (Å²) in [6.07, 6.45) is 2.82. The number of carbonyl (C=O) groups is 2. The SMILES string of the molecule is O=C(O)c1ccc(CNC(=O)N2CCCCC2CO)cc1. The van der Waals surface area contributed by atoms with Crippen molar-refractivity contribution in [3.63, 3.8) is 0 Å². The van der Waals surface area contributed by atoms with E-state index >= 15 is 0 Å². The molecule has 0 aliphatic carbocycles. The van der Waals surface area contributed by atoms with Crippen molar-refractivity contribution < 1.29 is 19.8 Å². The molecule has 1 aromatic carbocycles. The van der Waals surface area contributed by atoms with Gasteiger partial charge in [0.05, 0.1) is 18.2 Å². The van der Waals surface area contributed by atoms with Crippen LogP contribution in [0.15, 0.2) is 24.3 Å². The maximum absolute atomic E-state index is 12.1. The van der Waals surface area contributed by atoms with Crippen molar-refractivity contribution in [3.8, 4) is 0 Å². The molecule has 114 valence electrons. The van der Waals surface area contributed by atoms with Crippen LogP contribution in [0.2, 0.25) is 0 Å². The Bertz CT molecular complexity index is 501. The molecule has 0 spiro atoms. The number of amides is 2. The van der Waals surface area contributed by atoms with Gasteiger partial charge in [0, 0.05) is 13.1 Å². The van der Waals surface area contributed by atoms with E-state index in [1.165, 1.54) is 12.1 Å². The summed E-state index contributed by atoms with van der Waals surface area (Å²) in [4.78, 5) is 24.6. The number of hydrogen-bond acceptors (Lipinski definition) is 3. The van der Waals surface area contributed by atoms with Crippen molar-refractivity contribution in [2.45, 2.75) is 31.8 Å². The third kappa shape index (κ3) is 3.95. The Morgan fingerprint density at radius 2 is 1.95 bits per heavy atom. The molecule has 0 bridgehead atoms. The fourth-order valence-corrected chi connectivity index (χ4v) is 2.50. The molecule has 3 N–H and O–H groups in total. The average molecular weight is 292 g/mol. The molecule has 2 rings (SSSR count). The van der Waals surface area contributed by atoms with Crippen LogP contribution in [0.3, 0.4) is 0 Å². The van der Waals surface area contributed by atoms with Crippen LogP contribution in [0.25, 0.3) is 0 Å². The van der Waals surface area contributed by atoms with Crippen LogP contribution < -0.4 is 5.32 Å². The number of aromatic carboxylic acids is 1. The zero-order chi connectivity index (χ0) is 15.2. The van der Waals surface area contributed by atoms with Crippen molar-refractivity contribution in [2.75, 3.05) is 13.2 Å². The van der Waals surface area contributed by atoms with E-state index in [-0.39, 0.29) is 24.2 Å². The summed E-state index contributed by atoms with van der Waals surface area (Å²) in [7, 11) is 0. The topological polar surface area (TPSA) is 89.9 Å². The lowest BCUT2D eigenvalue weighted by atomic mass is 10.0. The molecule has 1 atom stereocenters. The third-order valence-corrected chi connectivity index (χ3v) is 3.74. The number of likely N-dealkylation sites (tertiary alicyclic amines) is 1. The highest BCUT2D eigenvalue weighted by Gasteiger charge is 2.25. The number of carboxylic acid groups (broad SMARTS) is 1. The highest BCUT2D eigenvalue weighted by molar-refractivity contribution is 5.87. The Morgan fingerprint density at radius 1 is 1.24 bits per heavy atom. The molecule has 1 aliphatic rings. The monoisotopic (exact) mass is 292 g/mol. The molecule has 0 saturated carbocycles. The minimum atomic E-state index is -0.968. The summed E-state index contributed by atoms with van der Waals surface area (Å²) in [5, 5.41) is 20.9. The van der Waals surface area contributed by atoms with Crippen molar-refractivity contribution >= 4 is 12.0 Å². The Balaban J connectivity index is 1.89. The number of nitrogens with one attached hydrogen (secondary N) is 1. The quantitative estimate of drug-likeness (QED) is 0.783. The van der Waals surface area contributed by atoms with E-state index in [2.05, 4.69) is 5.32 Å². The summed E-state index contributed by atoms with van der Waals surface area (Å²) in [6.45, 7) is 0.989. The standard InChI is InChI=1S/C15H20N2O4/c18-10-13-3-1-2-8-17(13)15(21)16-9-11-4-6-12(7-5-11)14(19)20/h4-7,13,18H,1-3,8-10H2,(H,16,21)(H,19,20). The summed E-state index contributed by atoms with van der Waals surface area (Å²) < 4.78 is 0. The molecule has 0 aromatic heterocycles. The van der Waals surface area contributed by atoms with Gasteiger partial charge in [-0.25, -0.2) is 9.59 Å². The van der Waals surface area contributed by atoms with Gasteiger partial charge in [-0.1, -0.05) is 12.1 Å². The van der Waals surface area contributed by atoms with E-state index in [0.717, 1.165) is 24.8 Å². The van der Waals surface area contributed by atoms with Crippen molar-refractivity contribution in [3.05, 3.63) is 35.4 Å².